The quantitative estimate of drug-likeness (QED) is 0.531. The van der Waals surface area contributed by atoms with Crippen LogP contribution in [0.5, 0.6) is 0 Å². The van der Waals surface area contributed by atoms with E-state index < -0.39 is 18.1 Å². The topological polar surface area (TPSA) is 119 Å². The fourth-order valence-electron chi connectivity index (χ4n) is 1.51. The van der Waals surface area contributed by atoms with E-state index in [1.54, 1.807) is 24.8 Å². The molecule has 8 nitrogen and oxygen atoms in total. The van der Waals surface area contributed by atoms with Crippen LogP contribution in [0.2, 0.25) is 0 Å². The van der Waals surface area contributed by atoms with Gasteiger partial charge in [-0.1, -0.05) is 25.0 Å². The summed E-state index contributed by atoms with van der Waals surface area (Å²) in [6.07, 6.45) is 9.68. The summed E-state index contributed by atoms with van der Waals surface area (Å²) in [6.45, 7) is 0.245. The Balaban J connectivity index is 0.000000485. The highest BCUT2D eigenvalue weighted by atomic mass is 32.9. The first-order chi connectivity index (χ1) is 13.2. The van der Waals surface area contributed by atoms with Gasteiger partial charge in [0.05, 0.1) is 13.2 Å². The molecule has 2 unspecified atom stereocenters. The third kappa shape index (κ3) is 24.9. The van der Waals surface area contributed by atoms with Crippen LogP contribution < -0.4 is 0 Å². The molecule has 0 aromatic carbocycles. The molecule has 2 heterocycles. The number of aromatic nitrogens is 2. The first-order valence-electron chi connectivity index (χ1n) is 8.14. The molecule has 2 atom stereocenters. The van der Waals surface area contributed by atoms with E-state index in [-0.39, 0.29) is 13.2 Å². The molecular weight excluding hydrogens is 444 g/mol. The van der Waals surface area contributed by atoms with E-state index in [4.69, 9.17) is 9.11 Å². The third-order valence-corrected chi connectivity index (χ3v) is 4.14. The fourth-order valence-corrected chi connectivity index (χ4v) is 2.58. The average molecular weight is 469 g/mol. The average Bonchev–Trinajstić information content (AvgIpc) is 2.66. The molecule has 0 aliphatic rings. The van der Waals surface area contributed by atoms with E-state index in [9.17, 15) is 8.42 Å². The van der Waals surface area contributed by atoms with Crippen LogP contribution in [0.15, 0.2) is 61.2 Å². The van der Waals surface area contributed by atoms with Crippen molar-refractivity contribution < 1.29 is 25.9 Å². The summed E-state index contributed by atoms with van der Waals surface area (Å²) in [7, 11) is -7.03. The van der Waals surface area contributed by atoms with Crippen molar-refractivity contribution in [3.05, 3.63) is 61.2 Å². The minimum Gasteiger partial charge on any atom is -0.285 e. The number of hydrogen-bond donors (Lipinski definition) is 2. The zero-order valence-electron chi connectivity index (χ0n) is 15.1. The lowest BCUT2D eigenvalue weighted by Crippen LogP contribution is -2.04. The Labute approximate surface area is 176 Å². The predicted molar refractivity (Wildman–Crippen MR) is 115 cm³/mol. The summed E-state index contributed by atoms with van der Waals surface area (Å²) in [5.74, 6) is 0. The lowest BCUT2D eigenvalue weighted by molar-refractivity contribution is 0.279. The lowest BCUT2D eigenvalue weighted by atomic mass is 10.2. The molecule has 2 aromatic heterocycles. The molecule has 0 bridgehead atoms. The maximum absolute atomic E-state index is 10.5. The van der Waals surface area contributed by atoms with Gasteiger partial charge in [0.1, 0.15) is 0 Å². The van der Waals surface area contributed by atoms with E-state index in [2.05, 4.69) is 40.7 Å². The van der Waals surface area contributed by atoms with Gasteiger partial charge >= 0.3 is 0 Å². The van der Waals surface area contributed by atoms with Gasteiger partial charge in [-0.05, 0) is 37.1 Å². The normalized spacial score (nSPS) is 14.2. The summed E-state index contributed by atoms with van der Waals surface area (Å²) < 4.78 is 47.0. The van der Waals surface area contributed by atoms with Crippen LogP contribution in [0, 0.1) is 0 Å². The third-order valence-electron chi connectivity index (χ3n) is 2.64. The molecule has 0 radical (unpaired) electrons. The number of hydrogen-bond acceptors (Lipinski definition) is 8. The number of nitrogens with zero attached hydrogens (tertiary/aromatic N) is 2. The summed E-state index contributed by atoms with van der Waals surface area (Å²) in [5.41, 5.74) is 0. The fraction of sp³-hybridized carbons (Fsp3) is 0.375. The zero-order chi connectivity index (χ0) is 21.1. The van der Waals surface area contributed by atoms with Gasteiger partial charge in [0, 0.05) is 47.2 Å². The van der Waals surface area contributed by atoms with Crippen molar-refractivity contribution in [1.29, 1.82) is 0 Å². The van der Waals surface area contributed by atoms with Crippen LogP contribution in [-0.2, 0) is 48.8 Å². The summed E-state index contributed by atoms with van der Waals surface area (Å²) >= 11 is 8.23. The van der Waals surface area contributed by atoms with Gasteiger partial charge < -0.3 is 0 Å². The Hall–Kier alpha value is -1.12. The van der Waals surface area contributed by atoms with E-state index in [0.29, 0.717) is 12.8 Å². The largest absolute Gasteiger partial charge is 0.285 e. The molecular formula is C16H24N2O6S4. The van der Waals surface area contributed by atoms with Crippen LogP contribution in [0.25, 0.3) is 0 Å². The van der Waals surface area contributed by atoms with E-state index in [1.807, 2.05) is 36.4 Å². The second-order valence-electron chi connectivity index (χ2n) is 4.96. The second-order valence-corrected chi connectivity index (χ2v) is 9.67. The van der Waals surface area contributed by atoms with Crippen molar-refractivity contribution in [2.24, 2.45) is 0 Å². The van der Waals surface area contributed by atoms with Crippen molar-refractivity contribution in [2.75, 3.05) is 13.2 Å². The first kappa shape index (κ1) is 26.9. The molecule has 0 saturated carbocycles. The molecule has 28 heavy (non-hydrogen) atoms. The Morgan fingerprint density at radius 1 is 0.643 bits per heavy atom. The van der Waals surface area contributed by atoms with Gasteiger partial charge in [-0.15, -0.1) is 0 Å². The van der Waals surface area contributed by atoms with Crippen molar-refractivity contribution >= 4 is 40.5 Å². The second kappa shape index (κ2) is 16.8. The molecule has 0 saturated heterocycles. The van der Waals surface area contributed by atoms with Crippen LogP contribution in [0.3, 0.4) is 0 Å². The summed E-state index contributed by atoms with van der Waals surface area (Å²) in [4.78, 5) is 7.57. The van der Waals surface area contributed by atoms with Gasteiger partial charge in [-0.25, -0.2) is 0 Å². The SMILES string of the molecule is O=S(O)(=S)OCCCCCCOS(=O)(O)=S.c1ccncc1.c1ccncc1. The first-order valence-corrected chi connectivity index (χ1v) is 12.9. The maximum Gasteiger partial charge on any atom is 0.266 e. The maximum atomic E-state index is 10.5. The number of unbranched alkanes of at least 4 members (excludes halogenated alkanes) is 3. The Kier molecular flexibility index (Phi) is 16.1. The van der Waals surface area contributed by atoms with E-state index in [1.165, 1.54) is 0 Å². The van der Waals surface area contributed by atoms with Gasteiger partial charge in [0.15, 0.2) is 0 Å². The predicted octanol–water partition coefficient (Wildman–Crippen LogP) is 3.01. The van der Waals surface area contributed by atoms with Crippen molar-refractivity contribution in [3.63, 3.8) is 0 Å². The number of rotatable bonds is 9. The molecule has 0 amide bonds. The van der Waals surface area contributed by atoms with E-state index in [0.717, 1.165) is 12.8 Å². The highest BCUT2D eigenvalue weighted by Gasteiger charge is 2.00. The lowest BCUT2D eigenvalue weighted by Gasteiger charge is -2.03. The Morgan fingerprint density at radius 2 is 0.964 bits per heavy atom. The molecule has 2 aromatic rings. The van der Waals surface area contributed by atoms with Crippen molar-refractivity contribution in [1.82, 2.24) is 9.97 Å². The minimum atomic E-state index is -3.52. The van der Waals surface area contributed by atoms with Gasteiger partial charge in [0.25, 0.3) is 18.1 Å². The van der Waals surface area contributed by atoms with Gasteiger partial charge in [-0.2, -0.15) is 8.42 Å². The van der Waals surface area contributed by atoms with Gasteiger partial charge in [-0.3, -0.25) is 27.4 Å². The van der Waals surface area contributed by atoms with Crippen molar-refractivity contribution in [2.45, 2.75) is 25.7 Å². The van der Waals surface area contributed by atoms with Crippen LogP contribution in [-0.4, -0.2) is 40.7 Å². The number of pyridine rings is 2. The standard InChI is InChI=1S/C6H14O6S4.2C5H5N/c7-15(8,13)11-5-3-1-2-4-6-12-16(9,10)14;2*1-2-4-6-5-3-1/h1-6H2,(H,7,8,13)(H,9,10,14);2*1-5H. The minimum absolute atomic E-state index is 0.122. The summed E-state index contributed by atoms with van der Waals surface area (Å²) in [6, 6.07) is 11.4. The summed E-state index contributed by atoms with van der Waals surface area (Å²) in [5, 5.41) is 0. The Morgan fingerprint density at radius 3 is 1.14 bits per heavy atom. The molecule has 158 valence electrons. The molecule has 12 heteroatoms. The highest BCUT2D eigenvalue weighted by Crippen LogP contribution is 2.02. The van der Waals surface area contributed by atoms with Gasteiger partial charge in [0.2, 0.25) is 0 Å². The monoisotopic (exact) mass is 468 g/mol. The van der Waals surface area contributed by atoms with Crippen LogP contribution in [0.1, 0.15) is 25.7 Å². The molecule has 0 aliphatic heterocycles. The molecule has 2 N–H and O–H groups in total. The molecule has 2 rings (SSSR count). The van der Waals surface area contributed by atoms with Crippen molar-refractivity contribution in [3.8, 4) is 0 Å². The molecule has 0 spiro atoms. The van der Waals surface area contributed by atoms with E-state index >= 15 is 0 Å². The highest BCUT2D eigenvalue weighted by molar-refractivity contribution is 8.27. The smallest absolute Gasteiger partial charge is 0.266 e. The zero-order valence-corrected chi connectivity index (χ0v) is 18.3. The van der Waals surface area contributed by atoms with Crippen LogP contribution in [0.4, 0.5) is 0 Å². The molecule has 0 aliphatic carbocycles. The Bertz CT molecular complexity index is 667. The molecule has 0 fully saturated rings. The van der Waals surface area contributed by atoms with Crippen LogP contribution >= 0.6 is 0 Å².